The number of aromatic nitrogens is 2. The van der Waals surface area contributed by atoms with E-state index in [1.54, 1.807) is 6.20 Å². The van der Waals surface area contributed by atoms with Gasteiger partial charge < -0.3 is 10.5 Å². The highest BCUT2D eigenvalue weighted by atomic mass is 35.5. The smallest absolute Gasteiger partial charge is 0.119 e. The molecule has 2 rings (SSSR count). The SMILES string of the molecule is Cc1c(Cl)cnn1CCCOc1cccc(C(N)=S)c1. The van der Waals surface area contributed by atoms with E-state index in [0.29, 0.717) is 16.6 Å². The van der Waals surface area contributed by atoms with Gasteiger partial charge in [-0.3, -0.25) is 4.68 Å². The molecule has 0 aliphatic rings. The summed E-state index contributed by atoms with van der Waals surface area (Å²) in [7, 11) is 0. The predicted molar refractivity (Wildman–Crippen MR) is 84.4 cm³/mol. The second-order valence-electron chi connectivity index (χ2n) is 4.40. The molecule has 6 heteroatoms. The van der Waals surface area contributed by atoms with Crippen LogP contribution in [-0.2, 0) is 6.54 Å². The normalized spacial score (nSPS) is 10.5. The Balaban J connectivity index is 1.83. The molecule has 1 aromatic carbocycles. The molecule has 4 nitrogen and oxygen atoms in total. The summed E-state index contributed by atoms with van der Waals surface area (Å²) in [5, 5.41) is 4.88. The molecule has 2 aromatic rings. The van der Waals surface area contributed by atoms with E-state index in [9.17, 15) is 0 Å². The van der Waals surface area contributed by atoms with Crippen molar-refractivity contribution in [3.63, 3.8) is 0 Å². The van der Waals surface area contributed by atoms with Gasteiger partial charge in [-0.05, 0) is 19.1 Å². The number of benzene rings is 1. The van der Waals surface area contributed by atoms with Gasteiger partial charge in [0, 0.05) is 18.5 Å². The summed E-state index contributed by atoms with van der Waals surface area (Å²) < 4.78 is 7.55. The highest BCUT2D eigenvalue weighted by Gasteiger charge is 2.03. The Labute approximate surface area is 128 Å². The van der Waals surface area contributed by atoms with Gasteiger partial charge in [0.1, 0.15) is 10.7 Å². The van der Waals surface area contributed by atoms with E-state index in [-0.39, 0.29) is 0 Å². The molecule has 0 fully saturated rings. The van der Waals surface area contributed by atoms with Crippen LogP contribution in [0, 0.1) is 6.92 Å². The van der Waals surface area contributed by atoms with Crippen molar-refractivity contribution in [3.05, 3.63) is 46.7 Å². The van der Waals surface area contributed by atoms with Gasteiger partial charge in [0.25, 0.3) is 0 Å². The minimum atomic E-state index is 0.372. The highest BCUT2D eigenvalue weighted by Crippen LogP contribution is 2.15. The molecule has 0 amide bonds. The number of halogens is 1. The molecular formula is C14H16ClN3OS. The molecule has 20 heavy (non-hydrogen) atoms. The second kappa shape index (κ2) is 6.72. The van der Waals surface area contributed by atoms with Gasteiger partial charge in [0.2, 0.25) is 0 Å². The first-order valence-corrected chi connectivity index (χ1v) is 7.07. The Morgan fingerprint density at radius 2 is 2.30 bits per heavy atom. The summed E-state index contributed by atoms with van der Waals surface area (Å²) in [5.41, 5.74) is 7.37. The lowest BCUT2D eigenvalue weighted by Crippen LogP contribution is -2.10. The van der Waals surface area contributed by atoms with Crippen LogP contribution >= 0.6 is 23.8 Å². The molecule has 106 valence electrons. The van der Waals surface area contributed by atoms with E-state index in [1.165, 1.54) is 0 Å². The molecule has 0 spiro atoms. The third kappa shape index (κ3) is 3.71. The van der Waals surface area contributed by atoms with Crippen LogP contribution in [0.25, 0.3) is 0 Å². The standard InChI is InChI=1S/C14H16ClN3OS/c1-10-13(15)9-17-18(10)6-3-7-19-12-5-2-4-11(8-12)14(16)20/h2,4-5,8-9H,3,6-7H2,1H3,(H2,16,20). The molecule has 1 aromatic heterocycles. The summed E-state index contributed by atoms with van der Waals surface area (Å²) >= 11 is 10.9. The molecule has 0 saturated carbocycles. The number of aryl methyl sites for hydroxylation is 1. The minimum Gasteiger partial charge on any atom is -0.494 e. The van der Waals surface area contributed by atoms with Crippen molar-refractivity contribution >= 4 is 28.8 Å². The first kappa shape index (κ1) is 14.8. The van der Waals surface area contributed by atoms with E-state index in [1.807, 2.05) is 35.9 Å². The van der Waals surface area contributed by atoms with Crippen molar-refractivity contribution in [2.75, 3.05) is 6.61 Å². The topological polar surface area (TPSA) is 53.1 Å². The van der Waals surface area contributed by atoms with Crippen LogP contribution in [0.1, 0.15) is 17.7 Å². The van der Waals surface area contributed by atoms with E-state index in [4.69, 9.17) is 34.3 Å². The number of hydrogen-bond acceptors (Lipinski definition) is 3. The van der Waals surface area contributed by atoms with Gasteiger partial charge in [-0.2, -0.15) is 5.10 Å². The molecule has 2 N–H and O–H groups in total. The van der Waals surface area contributed by atoms with Crippen molar-refractivity contribution in [3.8, 4) is 5.75 Å². The summed E-state index contributed by atoms with van der Waals surface area (Å²) in [6.07, 6.45) is 2.50. The fraction of sp³-hybridized carbons (Fsp3) is 0.286. The fourth-order valence-electron chi connectivity index (χ4n) is 1.79. The summed E-state index contributed by atoms with van der Waals surface area (Å²) in [5.74, 6) is 0.769. The van der Waals surface area contributed by atoms with Crippen molar-refractivity contribution in [2.45, 2.75) is 19.9 Å². The Morgan fingerprint density at radius 3 is 2.95 bits per heavy atom. The zero-order chi connectivity index (χ0) is 14.5. The fourth-order valence-corrected chi connectivity index (χ4v) is 2.06. The van der Waals surface area contributed by atoms with Crippen LogP contribution in [0.3, 0.4) is 0 Å². The monoisotopic (exact) mass is 309 g/mol. The van der Waals surface area contributed by atoms with Gasteiger partial charge in [0.15, 0.2) is 0 Å². The second-order valence-corrected chi connectivity index (χ2v) is 5.24. The zero-order valence-electron chi connectivity index (χ0n) is 11.2. The van der Waals surface area contributed by atoms with Crippen molar-refractivity contribution in [1.29, 1.82) is 0 Å². The maximum absolute atomic E-state index is 5.95. The number of ether oxygens (including phenoxy) is 1. The van der Waals surface area contributed by atoms with E-state index in [2.05, 4.69) is 5.10 Å². The first-order valence-electron chi connectivity index (χ1n) is 6.28. The van der Waals surface area contributed by atoms with Crippen LogP contribution in [0.4, 0.5) is 0 Å². The molecule has 0 atom stereocenters. The molecule has 0 aliphatic heterocycles. The van der Waals surface area contributed by atoms with Crippen molar-refractivity contribution in [1.82, 2.24) is 9.78 Å². The average Bonchev–Trinajstić information content (AvgIpc) is 2.75. The predicted octanol–water partition coefficient (Wildman–Crippen LogP) is 2.95. The van der Waals surface area contributed by atoms with E-state index >= 15 is 0 Å². The number of thiocarbonyl (C=S) groups is 1. The maximum atomic E-state index is 5.95. The number of nitrogens with two attached hydrogens (primary N) is 1. The molecular weight excluding hydrogens is 294 g/mol. The number of rotatable bonds is 6. The van der Waals surface area contributed by atoms with Crippen LogP contribution in [0.5, 0.6) is 5.75 Å². The van der Waals surface area contributed by atoms with Gasteiger partial charge >= 0.3 is 0 Å². The third-order valence-electron chi connectivity index (χ3n) is 2.94. The van der Waals surface area contributed by atoms with Gasteiger partial charge in [-0.1, -0.05) is 36.0 Å². The average molecular weight is 310 g/mol. The quantitative estimate of drug-likeness (QED) is 0.658. The Kier molecular flexibility index (Phi) is 4.98. The third-order valence-corrected chi connectivity index (χ3v) is 3.55. The molecule has 0 bridgehead atoms. The first-order chi connectivity index (χ1) is 9.58. The molecule has 1 heterocycles. The van der Waals surface area contributed by atoms with Gasteiger partial charge in [0.05, 0.1) is 23.5 Å². The molecule has 0 unspecified atom stereocenters. The van der Waals surface area contributed by atoms with Crippen LogP contribution in [0.2, 0.25) is 5.02 Å². The van der Waals surface area contributed by atoms with Crippen LogP contribution in [-0.4, -0.2) is 21.4 Å². The highest BCUT2D eigenvalue weighted by molar-refractivity contribution is 7.80. The summed E-state index contributed by atoms with van der Waals surface area (Å²) in [6.45, 7) is 3.31. The van der Waals surface area contributed by atoms with Crippen LogP contribution in [0.15, 0.2) is 30.5 Å². The molecule has 0 saturated heterocycles. The summed E-state index contributed by atoms with van der Waals surface area (Å²) in [4.78, 5) is 0.372. The molecule has 0 aliphatic carbocycles. The van der Waals surface area contributed by atoms with Crippen molar-refractivity contribution in [2.24, 2.45) is 5.73 Å². The lowest BCUT2D eigenvalue weighted by atomic mass is 10.2. The zero-order valence-corrected chi connectivity index (χ0v) is 12.7. The maximum Gasteiger partial charge on any atom is 0.119 e. The van der Waals surface area contributed by atoms with Gasteiger partial charge in [-0.15, -0.1) is 0 Å². The summed E-state index contributed by atoms with van der Waals surface area (Å²) in [6, 6.07) is 7.47. The number of hydrogen-bond donors (Lipinski definition) is 1. The Bertz CT molecular complexity index is 612. The lowest BCUT2D eigenvalue weighted by Gasteiger charge is -2.08. The molecule has 0 radical (unpaired) electrons. The Hall–Kier alpha value is -1.59. The lowest BCUT2D eigenvalue weighted by molar-refractivity contribution is 0.298. The Morgan fingerprint density at radius 1 is 1.50 bits per heavy atom. The van der Waals surface area contributed by atoms with E-state index < -0.39 is 0 Å². The van der Waals surface area contributed by atoms with Gasteiger partial charge in [-0.25, -0.2) is 0 Å². The largest absolute Gasteiger partial charge is 0.494 e. The van der Waals surface area contributed by atoms with Crippen LogP contribution < -0.4 is 10.5 Å². The minimum absolute atomic E-state index is 0.372. The van der Waals surface area contributed by atoms with E-state index in [0.717, 1.165) is 30.0 Å². The van der Waals surface area contributed by atoms with Crippen molar-refractivity contribution < 1.29 is 4.74 Å². The number of nitrogens with zero attached hydrogens (tertiary/aromatic N) is 2.